The first-order valence-electron chi connectivity index (χ1n) is 11.5. The molecule has 1 unspecified atom stereocenters. The first-order valence-corrected chi connectivity index (χ1v) is 12.6. The summed E-state index contributed by atoms with van der Waals surface area (Å²) < 4.78 is 0.848. The van der Waals surface area contributed by atoms with Crippen molar-refractivity contribution in [2.75, 3.05) is 11.9 Å². The van der Waals surface area contributed by atoms with Crippen LogP contribution in [0.3, 0.4) is 0 Å². The maximum Gasteiger partial charge on any atom is 0.193 e. The van der Waals surface area contributed by atoms with E-state index in [1.165, 1.54) is 0 Å². The third-order valence-electron chi connectivity index (χ3n) is 5.63. The summed E-state index contributed by atoms with van der Waals surface area (Å²) in [6, 6.07) is 20.3. The highest BCUT2D eigenvalue weighted by Crippen LogP contribution is 2.22. The molecule has 0 spiro atoms. The van der Waals surface area contributed by atoms with Crippen molar-refractivity contribution in [2.24, 2.45) is 5.73 Å². The number of anilines is 1. The van der Waals surface area contributed by atoms with E-state index in [2.05, 4.69) is 41.8 Å². The molecule has 0 saturated heterocycles. The fourth-order valence-electron chi connectivity index (χ4n) is 3.69. The Morgan fingerprint density at radius 2 is 1.36 bits per heavy atom. The first kappa shape index (κ1) is 25.1. The zero-order chi connectivity index (χ0) is 23.8. The predicted octanol–water partition coefficient (Wildman–Crippen LogP) is 6.77. The van der Waals surface area contributed by atoms with E-state index in [1.54, 1.807) is 6.07 Å². The lowest BCUT2D eigenvalue weighted by Crippen LogP contribution is -2.10. The summed E-state index contributed by atoms with van der Waals surface area (Å²) in [6.45, 7) is 5.17. The fraction of sp³-hybridized carbons (Fsp3) is 0.286. The largest absolute Gasteiger partial charge is 0.385 e. The zero-order valence-corrected chi connectivity index (χ0v) is 21.4. The van der Waals surface area contributed by atoms with Gasteiger partial charge in [-0.05, 0) is 83.5 Å². The number of benzene rings is 3. The van der Waals surface area contributed by atoms with E-state index in [4.69, 9.17) is 5.73 Å². The van der Waals surface area contributed by atoms with Gasteiger partial charge in [0, 0.05) is 44.1 Å². The maximum atomic E-state index is 13.1. The van der Waals surface area contributed by atoms with Crippen molar-refractivity contribution in [3.8, 4) is 0 Å². The first-order chi connectivity index (χ1) is 15.9. The van der Waals surface area contributed by atoms with Crippen molar-refractivity contribution in [2.45, 2.75) is 45.6 Å². The molecule has 5 heteroatoms. The van der Waals surface area contributed by atoms with E-state index in [1.807, 2.05) is 60.7 Å². The second-order valence-electron chi connectivity index (χ2n) is 8.26. The van der Waals surface area contributed by atoms with Crippen molar-refractivity contribution >= 4 is 39.8 Å². The average Bonchev–Trinajstić information content (AvgIpc) is 2.83. The molecule has 0 aliphatic heterocycles. The van der Waals surface area contributed by atoms with Crippen molar-refractivity contribution in [3.05, 3.63) is 98.1 Å². The number of rotatable bonds is 11. The monoisotopic (exact) mass is 554 g/mol. The van der Waals surface area contributed by atoms with Gasteiger partial charge in [-0.2, -0.15) is 0 Å². The van der Waals surface area contributed by atoms with Crippen LogP contribution >= 0.6 is 22.6 Å². The lowest BCUT2D eigenvalue weighted by Gasteiger charge is -2.11. The summed E-state index contributed by atoms with van der Waals surface area (Å²) in [7, 11) is 0. The molecule has 0 aromatic heterocycles. The molecule has 3 N–H and O–H groups in total. The zero-order valence-electron chi connectivity index (χ0n) is 19.2. The molecule has 0 aliphatic carbocycles. The number of unbranched alkanes of at least 4 members (excludes halogenated alkanes) is 1. The van der Waals surface area contributed by atoms with Gasteiger partial charge in [0.15, 0.2) is 11.6 Å². The fourth-order valence-corrected chi connectivity index (χ4v) is 4.36. The Labute approximate surface area is 210 Å². The van der Waals surface area contributed by atoms with Gasteiger partial charge in [-0.3, -0.25) is 9.59 Å². The number of carbonyl (C=O) groups excluding carboxylic acids is 2. The van der Waals surface area contributed by atoms with Crippen molar-refractivity contribution < 1.29 is 9.59 Å². The molecule has 0 heterocycles. The minimum Gasteiger partial charge on any atom is -0.385 e. The molecular formula is C28H31IN2O2. The van der Waals surface area contributed by atoms with E-state index in [0.717, 1.165) is 47.0 Å². The van der Waals surface area contributed by atoms with E-state index >= 15 is 0 Å². The van der Waals surface area contributed by atoms with Gasteiger partial charge in [0.05, 0.1) is 0 Å². The minimum absolute atomic E-state index is 0.0192. The average molecular weight is 554 g/mol. The molecule has 0 saturated carbocycles. The lowest BCUT2D eigenvalue weighted by molar-refractivity contribution is 0.103. The van der Waals surface area contributed by atoms with Crippen molar-refractivity contribution in [1.82, 2.24) is 0 Å². The molecule has 3 aromatic carbocycles. The Bertz CT molecular complexity index is 1090. The molecule has 0 radical (unpaired) electrons. The number of nitrogens with one attached hydrogen (secondary N) is 1. The number of hydrogen-bond acceptors (Lipinski definition) is 4. The highest BCUT2D eigenvalue weighted by atomic mass is 127. The standard InChI is InChI=1S/C28H31IN2O2/c1-3-5-15-31-25-13-11-21(12-14-25)28(33)23-16-22(17-24(29)18-23)27(32)20-9-7-19(8-10-20)26(30)6-4-2/h7-14,16-18,26,31H,3-6,15,30H2,1-2H3. The minimum atomic E-state index is -0.103. The third kappa shape index (κ3) is 6.74. The van der Waals surface area contributed by atoms with Crippen LogP contribution < -0.4 is 11.1 Å². The van der Waals surface area contributed by atoms with Crippen molar-refractivity contribution in [3.63, 3.8) is 0 Å². The molecule has 0 bridgehead atoms. The summed E-state index contributed by atoms with van der Waals surface area (Å²) in [5, 5.41) is 3.36. The molecule has 3 rings (SSSR count). The van der Waals surface area contributed by atoms with Crippen LogP contribution in [0.5, 0.6) is 0 Å². The van der Waals surface area contributed by atoms with E-state index in [9.17, 15) is 9.59 Å². The van der Waals surface area contributed by atoms with Gasteiger partial charge in [-0.1, -0.05) is 51.0 Å². The summed E-state index contributed by atoms with van der Waals surface area (Å²) in [5.41, 5.74) is 10.4. The molecular weight excluding hydrogens is 523 g/mol. The maximum absolute atomic E-state index is 13.1. The molecule has 0 amide bonds. The van der Waals surface area contributed by atoms with E-state index < -0.39 is 0 Å². The number of ketones is 2. The Morgan fingerprint density at radius 3 is 1.88 bits per heavy atom. The Balaban J connectivity index is 1.78. The van der Waals surface area contributed by atoms with Gasteiger partial charge in [0.2, 0.25) is 0 Å². The van der Waals surface area contributed by atoms with Crippen LogP contribution in [0.15, 0.2) is 66.7 Å². The van der Waals surface area contributed by atoms with Gasteiger partial charge >= 0.3 is 0 Å². The quantitative estimate of drug-likeness (QED) is 0.156. The van der Waals surface area contributed by atoms with Gasteiger partial charge < -0.3 is 11.1 Å². The highest BCUT2D eigenvalue weighted by Gasteiger charge is 2.16. The van der Waals surface area contributed by atoms with E-state index in [-0.39, 0.29) is 17.6 Å². The third-order valence-corrected chi connectivity index (χ3v) is 6.25. The molecule has 33 heavy (non-hydrogen) atoms. The second kappa shape index (κ2) is 12.1. The normalized spacial score (nSPS) is 11.8. The van der Waals surface area contributed by atoms with Crippen LogP contribution in [0.4, 0.5) is 5.69 Å². The number of nitrogens with two attached hydrogens (primary N) is 1. The summed E-state index contributed by atoms with van der Waals surface area (Å²) in [5.74, 6) is -0.197. The van der Waals surface area contributed by atoms with Gasteiger partial charge in [0.1, 0.15) is 0 Å². The molecule has 0 fully saturated rings. The molecule has 172 valence electrons. The molecule has 0 aliphatic rings. The highest BCUT2D eigenvalue weighted by molar-refractivity contribution is 14.1. The van der Waals surface area contributed by atoms with Crippen LogP contribution in [0.1, 0.15) is 83.0 Å². The molecule has 4 nitrogen and oxygen atoms in total. The SMILES string of the molecule is CCCCNc1ccc(C(=O)c2cc(I)cc(C(=O)c3ccc(C(N)CCC)cc3)c2)cc1. The van der Waals surface area contributed by atoms with Crippen LogP contribution in [0, 0.1) is 3.57 Å². The molecule has 1 atom stereocenters. The van der Waals surface area contributed by atoms with Crippen LogP contribution in [0.2, 0.25) is 0 Å². The van der Waals surface area contributed by atoms with Crippen molar-refractivity contribution in [1.29, 1.82) is 0 Å². The van der Waals surface area contributed by atoms with Gasteiger partial charge in [-0.15, -0.1) is 0 Å². The van der Waals surface area contributed by atoms with Crippen LogP contribution in [0.25, 0.3) is 0 Å². The van der Waals surface area contributed by atoms with Gasteiger partial charge in [-0.25, -0.2) is 0 Å². The Hall–Kier alpha value is -2.51. The Kier molecular flexibility index (Phi) is 9.21. The smallest absolute Gasteiger partial charge is 0.193 e. The van der Waals surface area contributed by atoms with Crippen LogP contribution in [-0.4, -0.2) is 18.1 Å². The van der Waals surface area contributed by atoms with Gasteiger partial charge in [0.25, 0.3) is 0 Å². The number of hydrogen-bond donors (Lipinski definition) is 2. The summed E-state index contributed by atoms with van der Waals surface area (Å²) in [6.07, 6.45) is 4.16. The lowest BCUT2D eigenvalue weighted by atomic mass is 9.96. The number of halogens is 1. The second-order valence-corrected chi connectivity index (χ2v) is 9.51. The van der Waals surface area contributed by atoms with Crippen LogP contribution in [-0.2, 0) is 0 Å². The number of carbonyl (C=O) groups is 2. The predicted molar refractivity (Wildman–Crippen MR) is 144 cm³/mol. The summed E-state index contributed by atoms with van der Waals surface area (Å²) in [4.78, 5) is 26.2. The molecule has 3 aromatic rings. The topological polar surface area (TPSA) is 72.2 Å². The Morgan fingerprint density at radius 1 is 0.818 bits per heavy atom. The summed E-state index contributed by atoms with van der Waals surface area (Å²) >= 11 is 2.15. The van der Waals surface area contributed by atoms with E-state index in [0.29, 0.717) is 22.3 Å².